The minimum absolute atomic E-state index is 0.116. The molecule has 0 aliphatic carbocycles. The van der Waals surface area contributed by atoms with Crippen LogP contribution in [0.25, 0.3) is 0 Å². The molecule has 0 bridgehead atoms. The predicted molar refractivity (Wildman–Crippen MR) is 114 cm³/mol. The van der Waals surface area contributed by atoms with Crippen LogP contribution in [0.15, 0.2) is 53.4 Å². The fourth-order valence-corrected chi connectivity index (χ4v) is 4.62. The molecular formula is C22H25F3N2O5S. The second-order valence-corrected chi connectivity index (χ2v) is 9.32. The number of ether oxygens (including phenoxy) is 2. The third kappa shape index (κ3) is 7.18. The number of amides is 1. The molecule has 3 rings (SSSR count). The van der Waals surface area contributed by atoms with Crippen molar-refractivity contribution in [1.29, 1.82) is 0 Å². The van der Waals surface area contributed by atoms with Crippen LogP contribution >= 0.6 is 0 Å². The molecule has 1 heterocycles. The number of carbonyl (C=O) groups excluding carboxylic acids is 1. The van der Waals surface area contributed by atoms with E-state index in [1.54, 1.807) is 12.1 Å². The molecule has 0 unspecified atom stereocenters. The Bertz CT molecular complexity index is 1020. The largest absolute Gasteiger partial charge is 0.492 e. The monoisotopic (exact) mass is 486 g/mol. The quantitative estimate of drug-likeness (QED) is 0.551. The number of nitrogens with one attached hydrogen (secondary N) is 1. The number of aryl methyl sites for hydroxylation is 1. The molecule has 0 radical (unpaired) electrons. The van der Waals surface area contributed by atoms with Gasteiger partial charge in [-0.3, -0.25) is 4.79 Å². The van der Waals surface area contributed by atoms with Crippen molar-refractivity contribution in [3.63, 3.8) is 0 Å². The van der Waals surface area contributed by atoms with Crippen molar-refractivity contribution >= 4 is 15.9 Å². The lowest BCUT2D eigenvalue weighted by atomic mass is 10.1. The first kappa shape index (κ1) is 25.0. The zero-order valence-corrected chi connectivity index (χ0v) is 18.6. The second kappa shape index (κ2) is 11.0. The van der Waals surface area contributed by atoms with E-state index in [1.807, 2.05) is 0 Å². The van der Waals surface area contributed by atoms with E-state index in [9.17, 15) is 26.4 Å². The molecule has 1 aliphatic heterocycles. The number of rotatable bonds is 9. The standard InChI is InChI=1S/C22H25F3N2O5S/c23-22(24,25)18-4-6-19(7-5-18)32-14-11-26-21(28)10-3-17-1-8-20(9-2-17)33(29,30)27-12-15-31-16-13-27/h1-2,4-9H,3,10-16H2,(H,26,28). The summed E-state index contributed by atoms with van der Waals surface area (Å²) in [6.45, 7) is 1.73. The third-order valence-electron chi connectivity index (χ3n) is 5.05. The average Bonchev–Trinajstić information content (AvgIpc) is 2.81. The van der Waals surface area contributed by atoms with Crippen LogP contribution in [-0.4, -0.2) is 58.1 Å². The fourth-order valence-electron chi connectivity index (χ4n) is 3.21. The molecule has 33 heavy (non-hydrogen) atoms. The number of hydrogen-bond donors (Lipinski definition) is 1. The van der Waals surface area contributed by atoms with Crippen molar-refractivity contribution in [2.24, 2.45) is 0 Å². The molecule has 0 saturated carbocycles. The second-order valence-electron chi connectivity index (χ2n) is 7.38. The molecule has 0 spiro atoms. The summed E-state index contributed by atoms with van der Waals surface area (Å²) < 4.78 is 74.8. The molecule has 2 aromatic carbocycles. The average molecular weight is 487 g/mol. The van der Waals surface area contributed by atoms with Crippen LogP contribution in [0.1, 0.15) is 17.5 Å². The number of hydrogen-bond acceptors (Lipinski definition) is 5. The Balaban J connectivity index is 1.38. The lowest BCUT2D eigenvalue weighted by molar-refractivity contribution is -0.137. The van der Waals surface area contributed by atoms with Gasteiger partial charge in [0, 0.05) is 19.5 Å². The van der Waals surface area contributed by atoms with E-state index in [2.05, 4.69) is 5.32 Å². The van der Waals surface area contributed by atoms with Gasteiger partial charge in [-0.05, 0) is 48.4 Å². The SMILES string of the molecule is O=C(CCc1ccc(S(=O)(=O)N2CCOCC2)cc1)NCCOc1ccc(C(F)(F)F)cc1. The van der Waals surface area contributed by atoms with E-state index in [0.29, 0.717) is 32.7 Å². The lowest BCUT2D eigenvalue weighted by Gasteiger charge is -2.26. The highest BCUT2D eigenvalue weighted by atomic mass is 32.2. The van der Waals surface area contributed by atoms with E-state index in [0.717, 1.165) is 17.7 Å². The maximum atomic E-state index is 12.6. The van der Waals surface area contributed by atoms with Crippen molar-refractivity contribution in [3.8, 4) is 5.75 Å². The molecule has 180 valence electrons. The number of carbonyl (C=O) groups is 1. The van der Waals surface area contributed by atoms with Gasteiger partial charge in [0.25, 0.3) is 0 Å². The normalized spacial score (nSPS) is 15.2. The lowest BCUT2D eigenvalue weighted by Crippen LogP contribution is -2.40. The molecule has 1 fully saturated rings. The summed E-state index contributed by atoms with van der Waals surface area (Å²) in [5.74, 6) is 0.0698. The van der Waals surface area contributed by atoms with E-state index in [4.69, 9.17) is 9.47 Å². The molecule has 0 aromatic heterocycles. The summed E-state index contributed by atoms with van der Waals surface area (Å²) >= 11 is 0. The number of alkyl halides is 3. The molecule has 1 saturated heterocycles. The van der Waals surface area contributed by atoms with Gasteiger partial charge in [0.1, 0.15) is 12.4 Å². The van der Waals surface area contributed by atoms with Crippen LogP contribution in [0.4, 0.5) is 13.2 Å². The smallest absolute Gasteiger partial charge is 0.416 e. The molecule has 1 amide bonds. The van der Waals surface area contributed by atoms with Crippen molar-refractivity contribution in [2.45, 2.75) is 23.9 Å². The fraction of sp³-hybridized carbons (Fsp3) is 0.409. The summed E-state index contributed by atoms with van der Waals surface area (Å²) in [5, 5.41) is 2.68. The number of halogens is 3. The predicted octanol–water partition coefficient (Wildman–Crippen LogP) is 2.85. The summed E-state index contributed by atoms with van der Waals surface area (Å²) in [6, 6.07) is 10.8. The Hall–Kier alpha value is -2.63. The Morgan fingerprint density at radius 3 is 2.27 bits per heavy atom. The minimum Gasteiger partial charge on any atom is -0.492 e. The number of sulfonamides is 1. The highest BCUT2D eigenvalue weighted by Gasteiger charge is 2.30. The summed E-state index contributed by atoms with van der Waals surface area (Å²) in [7, 11) is -3.55. The highest BCUT2D eigenvalue weighted by Crippen LogP contribution is 2.30. The molecule has 0 atom stereocenters. The van der Waals surface area contributed by atoms with Crippen LogP contribution < -0.4 is 10.1 Å². The van der Waals surface area contributed by atoms with Crippen LogP contribution in [0, 0.1) is 0 Å². The Kier molecular flexibility index (Phi) is 8.33. The summed E-state index contributed by atoms with van der Waals surface area (Å²) in [6.07, 6.45) is -3.76. The van der Waals surface area contributed by atoms with Crippen molar-refractivity contribution in [3.05, 3.63) is 59.7 Å². The number of benzene rings is 2. The van der Waals surface area contributed by atoms with Crippen LogP contribution in [0.2, 0.25) is 0 Å². The zero-order chi connectivity index (χ0) is 23.9. The number of morpholine rings is 1. The van der Waals surface area contributed by atoms with E-state index in [1.165, 1.54) is 28.6 Å². The molecular weight excluding hydrogens is 461 g/mol. The van der Waals surface area contributed by atoms with Crippen LogP contribution in [0.5, 0.6) is 5.75 Å². The van der Waals surface area contributed by atoms with E-state index >= 15 is 0 Å². The first-order chi connectivity index (χ1) is 15.7. The van der Waals surface area contributed by atoms with Crippen LogP contribution in [-0.2, 0) is 32.2 Å². The van der Waals surface area contributed by atoms with Crippen molar-refractivity contribution < 1.29 is 35.9 Å². The van der Waals surface area contributed by atoms with E-state index in [-0.39, 0.29) is 36.1 Å². The van der Waals surface area contributed by atoms with Gasteiger partial charge in [-0.15, -0.1) is 0 Å². The Labute approximate surface area is 190 Å². The third-order valence-corrected chi connectivity index (χ3v) is 6.96. The maximum Gasteiger partial charge on any atom is 0.416 e. The topological polar surface area (TPSA) is 84.9 Å². The zero-order valence-electron chi connectivity index (χ0n) is 17.8. The highest BCUT2D eigenvalue weighted by molar-refractivity contribution is 7.89. The molecule has 11 heteroatoms. The molecule has 1 aliphatic rings. The van der Waals surface area contributed by atoms with Gasteiger partial charge in [0.2, 0.25) is 15.9 Å². The van der Waals surface area contributed by atoms with Gasteiger partial charge >= 0.3 is 6.18 Å². The van der Waals surface area contributed by atoms with Crippen molar-refractivity contribution in [1.82, 2.24) is 9.62 Å². The Morgan fingerprint density at radius 1 is 1.03 bits per heavy atom. The molecule has 2 aromatic rings. The minimum atomic E-state index is -4.40. The molecule has 7 nitrogen and oxygen atoms in total. The van der Waals surface area contributed by atoms with Gasteiger partial charge in [-0.1, -0.05) is 12.1 Å². The molecule has 1 N–H and O–H groups in total. The van der Waals surface area contributed by atoms with E-state index < -0.39 is 21.8 Å². The van der Waals surface area contributed by atoms with Gasteiger partial charge in [0.05, 0.1) is 30.2 Å². The summed E-state index contributed by atoms with van der Waals surface area (Å²) in [5.41, 5.74) is 0.0713. The van der Waals surface area contributed by atoms with Gasteiger partial charge < -0.3 is 14.8 Å². The summed E-state index contributed by atoms with van der Waals surface area (Å²) in [4.78, 5) is 12.2. The van der Waals surface area contributed by atoms with Gasteiger partial charge in [0.15, 0.2) is 0 Å². The van der Waals surface area contributed by atoms with Crippen molar-refractivity contribution in [2.75, 3.05) is 39.5 Å². The van der Waals surface area contributed by atoms with Gasteiger partial charge in [-0.2, -0.15) is 17.5 Å². The first-order valence-corrected chi connectivity index (χ1v) is 11.8. The maximum absolute atomic E-state index is 12.6. The van der Waals surface area contributed by atoms with Crippen LogP contribution in [0.3, 0.4) is 0 Å². The number of nitrogens with zero attached hydrogens (tertiary/aromatic N) is 1. The first-order valence-electron chi connectivity index (χ1n) is 10.4. The Morgan fingerprint density at radius 2 is 1.67 bits per heavy atom. The van der Waals surface area contributed by atoms with Gasteiger partial charge in [-0.25, -0.2) is 8.42 Å².